The van der Waals surface area contributed by atoms with Crippen LogP contribution in [-0.2, 0) is 52.3 Å². The summed E-state index contributed by atoms with van der Waals surface area (Å²) in [6, 6.07) is 16.4. The van der Waals surface area contributed by atoms with E-state index in [-0.39, 0.29) is 74.5 Å². The quantitative estimate of drug-likeness (QED) is 0.0289. The average Bonchev–Trinajstić information content (AvgIpc) is 1.23. The predicted molar refractivity (Wildman–Crippen MR) is 340 cm³/mol. The molecule has 0 spiro atoms. The largest absolute Gasteiger partial charge is 0.479 e. The van der Waals surface area contributed by atoms with Crippen LogP contribution in [0.4, 0.5) is 8.78 Å². The van der Waals surface area contributed by atoms with E-state index in [9.17, 15) is 79.0 Å². The maximum atomic E-state index is 14.6. The van der Waals surface area contributed by atoms with Crippen LogP contribution in [0, 0.1) is 35.3 Å². The number of hydrogen-bond acceptors (Lipinski definition) is 25. The Morgan fingerprint density at radius 1 is 0.610 bits per heavy atom. The number of carbonyl (C=O) groups is 4. The van der Waals surface area contributed by atoms with Crippen LogP contribution in [0.5, 0.6) is 0 Å². The van der Waals surface area contributed by atoms with E-state index in [1.54, 1.807) is 37.3 Å². The van der Waals surface area contributed by atoms with E-state index in [2.05, 4.69) is 31.3 Å². The normalized spacial score (nSPS) is 34.6. The van der Waals surface area contributed by atoms with E-state index in [0.717, 1.165) is 36.8 Å². The highest BCUT2D eigenvalue weighted by atomic mass is 19.1. The van der Waals surface area contributed by atoms with Gasteiger partial charge in [-0.25, -0.2) is 27.7 Å². The lowest BCUT2D eigenvalue weighted by atomic mass is 9.75. The Morgan fingerprint density at radius 3 is 1.81 bits per heavy atom. The molecule has 6 aliphatic rings. The third-order valence-corrected chi connectivity index (χ3v) is 20.1. The number of aliphatic hydroxyl groups excluding tert-OH is 9. The first-order chi connectivity index (χ1) is 48.1. The number of aliphatic carboxylic acids is 1. The average molecular weight is 1410 g/mol. The molecule has 3 aliphatic carbocycles. The number of esters is 1. The lowest BCUT2D eigenvalue weighted by Gasteiger charge is -2.48. The summed E-state index contributed by atoms with van der Waals surface area (Å²) >= 11 is 0. The van der Waals surface area contributed by atoms with Gasteiger partial charge in [-0.2, -0.15) is 0 Å². The van der Waals surface area contributed by atoms with Crippen LogP contribution in [0.15, 0.2) is 91.3 Å². The summed E-state index contributed by atoms with van der Waals surface area (Å²) in [6.07, 6.45) is -22.5. The van der Waals surface area contributed by atoms with Crippen LogP contribution < -0.4 is 10.6 Å². The Kier molecular flexibility index (Phi) is 24.8. The van der Waals surface area contributed by atoms with Crippen molar-refractivity contribution < 1.29 is 117 Å². The van der Waals surface area contributed by atoms with E-state index < -0.39 is 195 Å². The van der Waals surface area contributed by atoms with Crippen molar-refractivity contribution in [2.45, 2.75) is 213 Å². The van der Waals surface area contributed by atoms with Gasteiger partial charge in [0.05, 0.1) is 61.6 Å². The fraction of sp³-hybridized carbons (Fsp3) is 0.618. The zero-order chi connectivity index (χ0) is 71.1. The molecule has 12 N–H and O–H groups in total. The van der Waals surface area contributed by atoms with Crippen LogP contribution >= 0.6 is 0 Å². The summed E-state index contributed by atoms with van der Waals surface area (Å²) in [5.74, 6) is -7.11. The van der Waals surface area contributed by atoms with Crippen molar-refractivity contribution in [1.82, 2.24) is 40.6 Å². The number of carboxylic acids is 1. The molecule has 3 saturated heterocycles. The Hall–Kier alpha value is -6.96. The van der Waals surface area contributed by atoms with Crippen LogP contribution in [0.3, 0.4) is 0 Å². The number of aliphatic hydroxyl groups is 9. The van der Waals surface area contributed by atoms with Gasteiger partial charge in [-0.15, -0.1) is 10.2 Å². The van der Waals surface area contributed by atoms with E-state index >= 15 is 0 Å². The van der Waals surface area contributed by atoms with E-state index in [0.29, 0.717) is 11.1 Å². The highest BCUT2D eigenvalue weighted by Crippen LogP contribution is 2.43. The van der Waals surface area contributed by atoms with Crippen molar-refractivity contribution in [2.24, 2.45) is 23.7 Å². The summed E-state index contributed by atoms with van der Waals surface area (Å²) in [6.45, 7) is 1.31. The second kappa shape index (κ2) is 33.4. The van der Waals surface area contributed by atoms with Crippen molar-refractivity contribution in [2.75, 3.05) is 26.3 Å². The monoisotopic (exact) mass is 1410 g/mol. The summed E-state index contributed by atoms with van der Waals surface area (Å²) in [7, 11) is 0. The topological polar surface area (TPSA) is 430 Å². The van der Waals surface area contributed by atoms with Crippen molar-refractivity contribution >= 4 is 23.8 Å². The van der Waals surface area contributed by atoms with Crippen LogP contribution in [-0.4, -0.2) is 248 Å². The number of ether oxygens (including phenoxy) is 8. The number of hydrogen-bond donors (Lipinski definition) is 12. The molecule has 3 aliphatic heterocycles. The number of benzene rings is 3. The number of carbonyl (C=O) groups excluding carboxylic acids is 3. The predicted octanol–water partition coefficient (Wildman–Crippen LogP) is 1.24. The molecule has 5 heterocycles. The minimum atomic E-state index is -1.80. The van der Waals surface area contributed by atoms with Crippen LogP contribution in [0.1, 0.15) is 107 Å². The Morgan fingerprint density at radius 2 is 1.19 bits per heavy atom. The number of aromatic nitrogens is 6. The van der Waals surface area contributed by atoms with Crippen molar-refractivity contribution in [3.05, 3.63) is 108 Å². The van der Waals surface area contributed by atoms with Gasteiger partial charge in [0.1, 0.15) is 90.1 Å². The Balaban J connectivity index is 0.817. The van der Waals surface area contributed by atoms with Gasteiger partial charge < -0.3 is 99.6 Å². The number of halogens is 2. The third-order valence-electron chi connectivity index (χ3n) is 20.1. The van der Waals surface area contributed by atoms with Gasteiger partial charge in [0.25, 0.3) is 0 Å². The number of nitrogens with one attached hydrogen (secondary N) is 2. The second-order valence-corrected chi connectivity index (χ2v) is 26.8. The molecule has 32 heteroatoms. The Bertz CT molecular complexity index is 3520. The van der Waals surface area contributed by atoms with Crippen molar-refractivity contribution in [3.8, 4) is 22.5 Å². The standard InChI is InChI=1S/C68H88F2N8O22/c1-3-35-23-39(28-47(59(35)100-67-58(87)57(86)52(81)33(2)93-67)96-68-61(99-65(92)36-14-8-5-9-15-36)60(55(84)50(32-80)98-68)94-48(64(90)91)22-34-12-6-4-7-13-34)62(88)71-20-21-72-63(89)40-26-45(77-29-43(73-75-77)37-16-10-18-41(69)24-37)53(82)46(27-40)95-66-56(85)51(54(83)49(31-79)97-66)78-30-44(74-76-78)38-17-11-19-42(70)25-38/h5,8-11,14-19,24-25,29-30,33-35,39-40,45-61,66-68,79-87H,3-4,6-7,12-13,20-23,26-28,31-32H2,1-2H3,(H,71,88)(H,72,89)(H,90,91)/t33?,35?,39?,40?,45?,46-,47-,48+,49?,50?,51?,52-,53?,54+,55+,56?,57?,58?,59?,60?,61?,66-,67+,68-/m1/s1. The van der Waals surface area contributed by atoms with Gasteiger partial charge in [0.2, 0.25) is 11.8 Å². The third kappa shape index (κ3) is 17.1. The number of rotatable bonds is 25. The van der Waals surface area contributed by atoms with Gasteiger partial charge in [-0.3, -0.25) is 9.59 Å². The van der Waals surface area contributed by atoms with Crippen LogP contribution in [0.2, 0.25) is 0 Å². The molecule has 546 valence electrons. The van der Waals surface area contributed by atoms with E-state index in [1.807, 2.05) is 0 Å². The Labute approximate surface area is 573 Å². The molecule has 24 atom stereocenters. The highest BCUT2D eigenvalue weighted by molar-refractivity contribution is 5.89. The van der Waals surface area contributed by atoms with Crippen molar-refractivity contribution in [1.29, 1.82) is 0 Å². The molecule has 3 aromatic carbocycles. The van der Waals surface area contributed by atoms with Gasteiger partial charge in [0, 0.05) is 36.1 Å². The maximum Gasteiger partial charge on any atom is 0.338 e. The summed E-state index contributed by atoms with van der Waals surface area (Å²) in [5.41, 5.74) is 1.16. The molecule has 2 amide bonds. The fourth-order valence-corrected chi connectivity index (χ4v) is 14.6. The molecule has 30 nitrogen and oxygen atoms in total. The molecule has 0 radical (unpaired) electrons. The fourth-order valence-electron chi connectivity index (χ4n) is 14.6. The maximum absolute atomic E-state index is 14.6. The molecule has 100 heavy (non-hydrogen) atoms. The molecular weight excluding hydrogens is 1320 g/mol. The molecule has 2 aromatic heterocycles. The van der Waals surface area contributed by atoms with Crippen molar-refractivity contribution in [3.63, 3.8) is 0 Å². The first kappa shape index (κ1) is 74.2. The summed E-state index contributed by atoms with van der Waals surface area (Å²) < 4.78 is 81.3. The van der Waals surface area contributed by atoms with E-state index in [1.165, 1.54) is 72.5 Å². The smallest absolute Gasteiger partial charge is 0.338 e. The second-order valence-electron chi connectivity index (χ2n) is 26.8. The SMILES string of the molecule is CCC1CC(C(=O)NCCNC(=O)C2CC(n3cc(-c4cccc(F)c4)nn3)C(O)[C@H](O[C@@H]3OC(CO)[C@H](O)C(n4cc(-c5cccc(F)c5)nn4)C3O)C2)C[C@@H](O[C@@H]2OC(CO)[C@H](O)C(O[C@@H](CC3CCCCC3)C(=O)O)C2OC(=O)c2ccccc2)C1O[C@@H]1OC(C)[C@@H](O)C(O)C1O. The molecule has 6 fully saturated rings. The molecule has 0 bridgehead atoms. The number of amides is 2. The minimum absolute atomic E-state index is 0.0404. The zero-order valence-corrected chi connectivity index (χ0v) is 55.0. The van der Waals surface area contributed by atoms with Gasteiger partial charge in [-0.05, 0) is 87.3 Å². The molecule has 15 unspecified atom stereocenters. The number of nitrogens with zero attached hydrogens (tertiary/aromatic N) is 6. The summed E-state index contributed by atoms with van der Waals surface area (Å²) in [5, 5.41) is 134. The molecule has 5 aromatic rings. The number of carboxylic acid groups (broad SMARTS) is 1. The first-order valence-corrected chi connectivity index (χ1v) is 34.1. The zero-order valence-electron chi connectivity index (χ0n) is 55.0. The lowest BCUT2D eigenvalue weighted by molar-refractivity contribution is -0.349. The van der Waals surface area contributed by atoms with Gasteiger partial charge in [0.15, 0.2) is 31.1 Å². The molecular formula is C68H88F2N8O22. The highest BCUT2D eigenvalue weighted by Gasteiger charge is 2.55. The van der Waals surface area contributed by atoms with Gasteiger partial charge >= 0.3 is 11.9 Å². The lowest BCUT2D eigenvalue weighted by Crippen LogP contribution is -2.64. The van der Waals surface area contributed by atoms with Gasteiger partial charge in [-0.1, -0.05) is 98.3 Å². The van der Waals surface area contributed by atoms with E-state index in [4.69, 9.17) is 37.9 Å². The van der Waals surface area contributed by atoms with Crippen LogP contribution in [0.25, 0.3) is 22.5 Å². The molecule has 11 rings (SSSR count). The summed E-state index contributed by atoms with van der Waals surface area (Å²) in [4.78, 5) is 56.3. The minimum Gasteiger partial charge on any atom is -0.479 e. The first-order valence-electron chi connectivity index (χ1n) is 34.1. The molecule has 3 saturated carbocycles.